The molecule has 0 heterocycles. The van der Waals surface area contributed by atoms with Gasteiger partial charge in [0.15, 0.2) is 0 Å². The van der Waals surface area contributed by atoms with E-state index in [1.807, 2.05) is 0 Å². The monoisotopic (exact) mass is 212 g/mol. The van der Waals surface area contributed by atoms with Crippen molar-refractivity contribution in [1.82, 2.24) is 0 Å². The van der Waals surface area contributed by atoms with Gasteiger partial charge in [-0.05, 0) is 0 Å². The van der Waals surface area contributed by atoms with Gasteiger partial charge >= 0.3 is 0 Å². The smallest absolute Gasteiger partial charge is 0 e. The summed E-state index contributed by atoms with van der Waals surface area (Å²) in [6, 6.07) is 0. The van der Waals surface area contributed by atoms with Gasteiger partial charge in [-0.2, -0.15) is 0 Å². The van der Waals surface area contributed by atoms with Crippen molar-refractivity contribution >= 4 is 11.0 Å². The molecule has 0 aromatic heterocycles. The van der Waals surface area contributed by atoms with Gasteiger partial charge in [-0.25, -0.2) is 0 Å². The number of rotatable bonds is 0. The van der Waals surface area contributed by atoms with Crippen molar-refractivity contribution in [3.8, 4) is 0 Å². The summed E-state index contributed by atoms with van der Waals surface area (Å²) in [6.07, 6.45) is 0. The molecule has 0 nitrogen and oxygen atoms in total. The summed E-state index contributed by atoms with van der Waals surface area (Å²) in [4.78, 5) is 0. The summed E-state index contributed by atoms with van der Waals surface area (Å²) in [5, 5.41) is 0. The fraction of sp³-hybridized carbons (Fsp3) is 0. The molecular formula is Cu2NiSi. The van der Waals surface area contributed by atoms with Gasteiger partial charge in [0, 0.05) is 61.6 Å². The Labute approximate surface area is 61.4 Å². The Balaban J connectivity index is 0. The van der Waals surface area contributed by atoms with Gasteiger partial charge in [0.05, 0.1) is 0 Å². The first-order valence-electron chi connectivity index (χ1n) is 0. The fourth-order valence-electron chi connectivity index (χ4n) is 0. The Kier molecular flexibility index (Phi) is 231. The van der Waals surface area contributed by atoms with Gasteiger partial charge in [0.25, 0.3) is 0 Å². The molecule has 0 rings (SSSR count). The van der Waals surface area contributed by atoms with Crippen LogP contribution in [0.3, 0.4) is 0 Å². The summed E-state index contributed by atoms with van der Waals surface area (Å²) in [6.45, 7) is 0. The molecule has 0 atom stereocenters. The van der Waals surface area contributed by atoms with Crippen LogP contribution in [0.25, 0.3) is 0 Å². The molecule has 0 saturated carbocycles. The molecule has 0 aromatic carbocycles. The Bertz CT molecular complexity index is 6.00. The van der Waals surface area contributed by atoms with E-state index in [2.05, 4.69) is 0 Å². The molecule has 0 bridgehead atoms. The van der Waals surface area contributed by atoms with Crippen LogP contribution in [0, 0.1) is 0 Å². The van der Waals surface area contributed by atoms with Crippen molar-refractivity contribution in [2.75, 3.05) is 0 Å². The van der Waals surface area contributed by atoms with Crippen LogP contribution >= 0.6 is 0 Å². The molecule has 36 valence electrons. The van der Waals surface area contributed by atoms with Crippen molar-refractivity contribution in [2.24, 2.45) is 0 Å². The Morgan fingerprint density at radius 1 is 0.750 bits per heavy atom. The molecule has 4 heteroatoms. The van der Waals surface area contributed by atoms with E-state index < -0.39 is 0 Å². The van der Waals surface area contributed by atoms with Crippen LogP contribution in [-0.4, -0.2) is 11.0 Å². The van der Waals surface area contributed by atoms with Gasteiger partial charge in [-0.15, -0.1) is 0 Å². The molecule has 0 aliphatic rings. The van der Waals surface area contributed by atoms with Crippen molar-refractivity contribution in [1.29, 1.82) is 0 Å². The minimum Gasteiger partial charge on any atom is 0 e. The average Bonchev–Trinajstić information content (AvgIpc) is 0. The van der Waals surface area contributed by atoms with Crippen LogP contribution in [0.5, 0.6) is 0 Å². The van der Waals surface area contributed by atoms with Crippen LogP contribution in [0.4, 0.5) is 0 Å². The molecule has 0 fully saturated rings. The molecule has 0 aliphatic carbocycles. The summed E-state index contributed by atoms with van der Waals surface area (Å²) in [5.41, 5.74) is 0. The van der Waals surface area contributed by atoms with Crippen LogP contribution in [0.1, 0.15) is 0 Å². The van der Waals surface area contributed by atoms with Gasteiger partial charge in [-0.1, -0.05) is 0 Å². The predicted octanol–water partition coefficient (Wildman–Crippen LogP) is -0.388. The zero-order chi connectivity index (χ0) is 0. The second-order valence-corrected chi connectivity index (χ2v) is 0. The first kappa shape index (κ1) is 42.4. The topological polar surface area (TPSA) is 0 Å². The van der Waals surface area contributed by atoms with Crippen molar-refractivity contribution < 1.29 is 50.6 Å². The Hall–Kier alpha value is 1.75. The maximum absolute atomic E-state index is 0. The maximum atomic E-state index is 0. The third kappa shape index (κ3) is 9.26. The van der Waals surface area contributed by atoms with Crippen LogP contribution in [0.2, 0.25) is 0 Å². The van der Waals surface area contributed by atoms with Gasteiger partial charge in [0.1, 0.15) is 0 Å². The number of hydrogen-bond donors (Lipinski definition) is 0. The second-order valence-electron chi connectivity index (χ2n) is 0. The molecule has 0 spiro atoms. The quantitative estimate of drug-likeness (QED) is 0.481. The first-order valence-corrected chi connectivity index (χ1v) is 0. The SMILES string of the molecule is [Cu].[Cu].[Ni].[Si]. The minimum atomic E-state index is 0. The van der Waals surface area contributed by atoms with Crippen molar-refractivity contribution in [3.05, 3.63) is 0 Å². The zero-order valence-corrected chi connectivity index (χ0v) is 5.29. The summed E-state index contributed by atoms with van der Waals surface area (Å²) < 4.78 is 0. The maximum Gasteiger partial charge on any atom is 0 e. The van der Waals surface area contributed by atoms with E-state index in [0.717, 1.165) is 0 Å². The van der Waals surface area contributed by atoms with E-state index in [1.54, 1.807) is 0 Å². The molecule has 0 unspecified atom stereocenters. The van der Waals surface area contributed by atoms with Crippen molar-refractivity contribution in [3.63, 3.8) is 0 Å². The molecule has 0 aromatic rings. The molecule has 0 amide bonds. The molecule has 6 radical (unpaired) electrons. The van der Waals surface area contributed by atoms with E-state index in [1.165, 1.54) is 0 Å². The largest absolute Gasteiger partial charge is 0 e. The second kappa shape index (κ2) is 21.8. The van der Waals surface area contributed by atoms with Gasteiger partial charge in [-0.3, -0.25) is 0 Å². The average molecular weight is 214 g/mol. The third-order valence-corrected chi connectivity index (χ3v) is 0. The van der Waals surface area contributed by atoms with E-state index in [9.17, 15) is 0 Å². The third-order valence-electron chi connectivity index (χ3n) is 0. The zero-order valence-electron chi connectivity index (χ0n) is 1.42. The summed E-state index contributed by atoms with van der Waals surface area (Å²) >= 11 is 0. The number of hydrogen-bond acceptors (Lipinski definition) is 0. The van der Waals surface area contributed by atoms with Crippen LogP contribution in [-0.2, 0) is 50.6 Å². The fourth-order valence-corrected chi connectivity index (χ4v) is 0. The van der Waals surface area contributed by atoms with E-state index in [4.69, 9.17) is 0 Å². The standard InChI is InChI=1S/2Cu.Ni.Si. The van der Waals surface area contributed by atoms with Crippen LogP contribution in [0.15, 0.2) is 0 Å². The molecule has 0 N–H and O–H groups in total. The predicted molar refractivity (Wildman–Crippen MR) is 5.75 cm³/mol. The minimum absolute atomic E-state index is 0. The summed E-state index contributed by atoms with van der Waals surface area (Å²) in [5.74, 6) is 0. The first-order chi connectivity index (χ1) is 0. The summed E-state index contributed by atoms with van der Waals surface area (Å²) in [7, 11) is 0. The van der Waals surface area contributed by atoms with Gasteiger partial charge < -0.3 is 0 Å². The van der Waals surface area contributed by atoms with Gasteiger partial charge in [0.2, 0.25) is 0 Å². The molecule has 4 heavy (non-hydrogen) atoms. The molecule has 0 saturated heterocycles. The van der Waals surface area contributed by atoms with E-state index in [-0.39, 0.29) is 61.6 Å². The van der Waals surface area contributed by atoms with E-state index in [0.29, 0.717) is 0 Å². The molecule has 0 aliphatic heterocycles. The van der Waals surface area contributed by atoms with E-state index >= 15 is 0 Å². The Morgan fingerprint density at radius 3 is 0.750 bits per heavy atom. The van der Waals surface area contributed by atoms with Crippen LogP contribution < -0.4 is 0 Å². The van der Waals surface area contributed by atoms with Crippen molar-refractivity contribution in [2.45, 2.75) is 0 Å². The molecular weight excluding hydrogens is 214 g/mol. The normalized spacial score (nSPS) is 0. The Morgan fingerprint density at radius 2 is 0.750 bits per heavy atom.